The lowest BCUT2D eigenvalue weighted by atomic mass is 10.0. The zero-order chi connectivity index (χ0) is 33.0. The molecule has 0 N–H and O–H groups in total. The van der Waals surface area contributed by atoms with Gasteiger partial charge in [-0.1, -0.05) is 121 Å². The monoisotopic (exact) mass is 640 g/mol. The zero-order valence-electron chi connectivity index (χ0n) is 26.8. The lowest BCUT2D eigenvalue weighted by molar-refractivity contribution is 0.944. The molecule has 0 spiro atoms. The first-order valence-electron chi connectivity index (χ1n) is 16.7. The van der Waals surface area contributed by atoms with E-state index in [0.717, 1.165) is 66.3 Å². The van der Waals surface area contributed by atoms with Crippen molar-refractivity contribution in [2.75, 3.05) is 0 Å². The highest BCUT2D eigenvalue weighted by Crippen LogP contribution is 2.39. The van der Waals surface area contributed by atoms with Gasteiger partial charge in [-0.15, -0.1) is 0 Å². The van der Waals surface area contributed by atoms with Crippen LogP contribution in [0.15, 0.2) is 170 Å². The van der Waals surface area contributed by atoms with Gasteiger partial charge in [0, 0.05) is 44.6 Å². The number of fused-ring (bicyclic) bond motifs is 6. The quantitative estimate of drug-likeness (QED) is 0.188. The molecule has 0 fully saturated rings. The van der Waals surface area contributed by atoms with Crippen molar-refractivity contribution in [1.29, 1.82) is 0 Å². The molecular formula is C44H28N6. The van der Waals surface area contributed by atoms with Crippen LogP contribution in [0.3, 0.4) is 0 Å². The smallest absolute Gasteiger partial charge is 0.240 e. The van der Waals surface area contributed by atoms with Crippen molar-refractivity contribution in [1.82, 2.24) is 29.1 Å². The minimum atomic E-state index is 0.519. The average Bonchev–Trinajstić information content (AvgIpc) is 3.70. The van der Waals surface area contributed by atoms with Gasteiger partial charge in [-0.3, -0.25) is 4.57 Å². The van der Waals surface area contributed by atoms with Crippen LogP contribution in [0, 0.1) is 0 Å². The number of hydrogen-bond donors (Lipinski definition) is 0. The molecule has 10 rings (SSSR count). The van der Waals surface area contributed by atoms with Crippen molar-refractivity contribution in [3.63, 3.8) is 0 Å². The summed E-state index contributed by atoms with van der Waals surface area (Å²) in [4.78, 5) is 20.2. The fourth-order valence-corrected chi connectivity index (χ4v) is 7.11. The third-order valence-electron chi connectivity index (χ3n) is 9.44. The predicted molar refractivity (Wildman–Crippen MR) is 203 cm³/mol. The number of rotatable bonds is 5. The summed E-state index contributed by atoms with van der Waals surface area (Å²) in [6, 6.07) is 56.7. The lowest BCUT2D eigenvalue weighted by Gasteiger charge is -2.11. The Morgan fingerprint density at radius 3 is 1.60 bits per heavy atom. The number of hydrogen-bond acceptors (Lipinski definition) is 4. The first-order valence-corrected chi connectivity index (χ1v) is 16.7. The molecular weight excluding hydrogens is 613 g/mol. The summed E-state index contributed by atoms with van der Waals surface area (Å²) in [7, 11) is 0. The van der Waals surface area contributed by atoms with Crippen molar-refractivity contribution >= 4 is 43.7 Å². The Morgan fingerprint density at radius 1 is 0.360 bits per heavy atom. The summed E-state index contributed by atoms with van der Waals surface area (Å²) in [6.45, 7) is 0. The van der Waals surface area contributed by atoms with Gasteiger partial charge in [0.15, 0.2) is 11.6 Å². The summed E-state index contributed by atoms with van der Waals surface area (Å²) in [6.07, 6.45) is 1.83. The Morgan fingerprint density at radius 2 is 0.880 bits per heavy atom. The average molecular weight is 641 g/mol. The first-order chi connectivity index (χ1) is 24.8. The molecule has 4 heterocycles. The van der Waals surface area contributed by atoms with Crippen LogP contribution in [-0.2, 0) is 0 Å². The highest BCUT2D eigenvalue weighted by Gasteiger charge is 2.21. The third kappa shape index (κ3) is 4.50. The third-order valence-corrected chi connectivity index (χ3v) is 9.44. The van der Waals surface area contributed by atoms with Gasteiger partial charge in [0.2, 0.25) is 5.95 Å². The van der Waals surface area contributed by atoms with Crippen LogP contribution in [0.2, 0.25) is 0 Å². The Hall–Kier alpha value is -6.92. The Labute approximate surface area is 287 Å². The first kappa shape index (κ1) is 28.1. The van der Waals surface area contributed by atoms with Crippen LogP contribution in [-0.4, -0.2) is 29.1 Å². The molecule has 4 aromatic heterocycles. The summed E-state index contributed by atoms with van der Waals surface area (Å²) >= 11 is 0. The highest BCUT2D eigenvalue weighted by atomic mass is 15.2. The van der Waals surface area contributed by atoms with Crippen molar-refractivity contribution in [3.8, 4) is 45.5 Å². The number of nitrogens with zero attached hydrogens (tertiary/aromatic N) is 6. The molecule has 0 saturated heterocycles. The van der Waals surface area contributed by atoms with E-state index in [1.165, 1.54) is 5.39 Å². The van der Waals surface area contributed by atoms with Crippen molar-refractivity contribution in [3.05, 3.63) is 170 Å². The lowest BCUT2D eigenvalue weighted by Crippen LogP contribution is -2.07. The summed E-state index contributed by atoms with van der Waals surface area (Å²) in [5.41, 5.74) is 9.31. The Bertz CT molecular complexity index is 2840. The van der Waals surface area contributed by atoms with E-state index in [1.807, 2.05) is 48.7 Å². The fraction of sp³-hybridized carbons (Fsp3) is 0. The van der Waals surface area contributed by atoms with Crippen molar-refractivity contribution < 1.29 is 0 Å². The molecule has 0 bridgehead atoms. The molecule has 6 aromatic carbocycles. The molecule has 6 nitrogen and oxygen atoms in total. The summed E-state index contributed by atoms with van der Waals surface area (Å²) in [5.74, 6) is 1.72. The number of para-hydroxylation sites is 2. The van der Waals surface area contributed by atoms with Gasteiger partial charge in [-0.25, -0.2) is 9.97 Å². The van der Waals surface area contributed by atoms with Crippen LogP contribution >= 0.6 is 0 Å². The van der Waals surface area contributed by atoms with Gasteiger partial charge < -0.3 is 4.57 Å². The molecule has 0 aliphatic heterocycles. The van der Waals surface area contributed by atoms with E-state index in [4.69, 9.17) is 19.9 Å². The van der Waals surface area contributed by atoms with Crippen molar-refractivity contribution in [2.24, 2.45) is 0 Å². The highest BCUT2D eigenvalue weighted by molar-refractivity contribution is 6.18. The minimum absolute atomic E-state index is 0.519. The number of aromatic nitrogens is 6. The topological polar surface area (TPSA) is 61.4 Å². The Kier molecular flexibility index (Phi) is 6.39. The maximum Gasteiger partial charge on any atom is 0.240 e. The van der Waals surface area contributed by atoms with Crippen LogP contribution in [0.5, 0.6) is 0 Å². The van der Waals surface area contributed by atoms with Crippen LogP contribution in [0.25, 0.3) is 89.3 Å². The van der Waals surface area contributed by atoms with Crippen LogP contribution in [0.4, 0.5) is 0 Å². The van der Waals surface area contributed by atoms with Crippen molar-refractivity contribution in [2.45, 2.75) is 0 Å². The number of pyridine rings is 1. The molecule has 0 atom stereocenters. The fourth-order valence-electron chi connectivity index (χ4n) is 7.11. The van der Waals surface area contributed by atoms with Crippen LogP contribution < -0.4 is 0 Å². The maximum absolute atomic E-state index is 5.17. The second kappa shape index (κ2) is 11.4. The van der Waals surface area contributed by atoms with E-state index in [2.05, 4.69) is 130 Å². The van der Waals surface area contributed by atoms with Gasteiger partial charge in [-0.2, -0.15) is 9.97 Å². The largest absolute Gasteiger partial charge is 0.309 e. The standard InChI is InChI=1S/C44H28N6/c1-4-13-29(14-5-1)30-22-24-32(25-23-30)42-46-41(31-15-6-2-7-16-31)47-44(48-42)50-40-27-36-34-19-10-11-21-38(34)49(33-17-8-3-9-18-33)39(36)28-37(40)35-20-12-26-45-43(35)50/h1-28H. The van der Waals surface area contributed by atoms with E-state index >= 15 is 0 Å². The molecule has 10 aromatic rings. The molecule has 0 radical (unpaired) electrons. The van der Waals surface area contributed by atoms with E-state index < -0.39 is 0 Å². The Balaban J connectivity index is 1.25. The summed E-state index contributed by atoms with van der Waals surface area (Å²) < 4.78 is 4.44. The molecule has 0 amide bonds. The summed E-state index contributed by atoms with van der Waals surface area (Å²) in [5, 5.41) is 4.44. The molecule has 0 aliphatic rings. The van der Waals surface area contributed by atoms with Gasteiger partial charge in [0.05, 0.1) is 16.6 Å². The van der Waals surface area contributed by atoms with Crippen LogP contribution in [0.1, 0.15) is 0 Å². The second-order valence-corrected chi connectivity index (χ2v) is 12.4. The SMILES string of the molecule is c1ccc(-c2ccc(-c3nc(-c4ccccc4)nc(-n4c5cc6c7ccccc7n(-c7ccccc7)c6cc5c5cccnc54)n3)cc2)cc1. The molecule has 0 saturated carbocycles. The molecule has 234 valence electrons. The molecule has 0 aliphatic carbocycles. The zero-order valence-corrected chi connectivity index (χ0v) is 26.8. The molecule has 6 heteroatoms. The van der Waals surface area contributed by atoms with Gasteiger partial charge in [-0.05, 0) is 53.6 Å². The molecule has 0 unspecified atom stereocenters. The van der Waals surface area contributed by atoms with E-state index in [9.17, 15) is 0 Å². The molecule has 50 heavy (non-hydrogen) atoms. The van der Waals surface area contributed by atoms with E-state index in [1.54, 1.807) is 0 Å². The number of benzene rings is 6. The minimum Gasteiger partial charge on any atom is -0.309 e. The van der Waals surface area contributed by atoms with Gasteiger partial charge in [0.1, 0.15) is 5.65 Å². The normalized spacial score (nSPS) is 11.6. The van der Waals surface area contributed by atoms with E-state index in [0.29, 0.717) is 17.6 Å². The second-order valence-electron chi connectivity index (χ2n) is 12.4. The maximum atomic E-state index is 5.17. The van der Waals surface area contributed by atoms with Gasteiger partial charge >= 0.3 is 0 Å². The van der Waals surface area contributed by atoms with Gasteiger partial charge in [0.25, 0.3) is 0 Å². The van der Waals surface area contributed by atoms with E-state index in [-0.39, 0.29) is 0 Å². The predicted octanol–water partition coefficient (Wildman–Crippen LogP) is 10.5.